The molecule has 1 amide bonds. The molecule has 0 bridgehead atoms. The van der Waals surface area contributed by atoms with Crippen molar-refractivity contribution < 1.29 is 13.2 Å². The fourth-order valence-corrected chi connectivity index (χ4v) is 5.12. The van der Waals surface area contributed by atoms with Crippen molar-refractivity contribution in [3.8, 4) is 11.1 Å². The molecule has 1 atom stereocenters. The molecule has 9 heteroatoms. The molecule has 0 saturated heterocycles. The average molecular weight is 494 g/mol. The first kappa shape index (κ1) is 25.9. The maximum absolute atomic E-state index is 12.9. The average Bonchev–Trinajstić information content (AvgIpc) is 2.78. The summed E-state index contributed by atoms with van der Waals surface area (Å²) in [5.41, 5.74) is 8.03. The van der Waals surface area contributed by atoms with Crippen molar-refractivity contribution in [2.75, 3.05) is 10.6 Å². The molecule has 3 aromatic rings. The fourth-order valence-electron chi connectivity index (χ4n) is 3.47. The Labute approximate surface area is 206 Å². The van der Waals surface area contributed by atoms with Crippen LogP contribution in [0.5, 0.6) is 0 Å². The number of amides is 1. The van der Waals surface area contributed by atoms with Crippen LogP contribution in [0.25, 0.3) is 11.1 Å². The minimum Gasteiger partial charge on any atom is -0.384 e. The molecule has 3 aromatic carbocycles. The third kappa shape index (κ3) is 6.91. The number of hydrogen-bond acceptors (Lipinski definition) is 5. The number of carbonyl (C=O) groups excluding carboxylic acids is 1. The van der Waals surface area contributed by atoms with E-state index in [2.05, 4.69) is 15.4 Å². The number of sulfonamides is 1. The van der Waals surface area contributed by atoms with Gasteiger partial charge in [0.15, 0.2) is 0 Å². The smallest absolute Gasteiger partial charge is 0.246 e. The third-order valence-corrected chi connectivity index (χ3v) is 6.85. The predicted octanol–water partition coefficient (Wildman–Crippen LogP) is 4.15. The summed E-state index contributed by atoms with van der Waals surface area (Å²) in [6.07, 6.45) is 0. The first-order valence-corrected chi connectivity index (χ1v) is 12.6. The van der Waals surface area contributed by atoms with Crippen molar-refractivity contribution in [1.29, 1.82) is 5.41 Å². The van der Waals surface area contributed by atoms with E-state index in [-0.39, 0.29) is 16.6 Å². The van der Waals surface area contributed by atoms with E-state index in [1.807, 2.05) is 0 Å². The molecule has 0 aromatic heterocycles. The van der Waals surface area contributed by atoms with Gasteiger partial charge in [-0.2, -0.15) is 0 Å². The van der Waals surface area contributed by atoms with E-state index >= 15 is 0 Å². The Kier molecular flexibility index (Phi) is 7.62. The maximum atomic E-state index is 12.9. The van der Waals surface area contributed by atoms with Gasteiger partial charge < -0.3 is 16.4 Å². The summed E-state index contributed by atoms with van der Waals surface area (Å²) in [6, 6.07) is 20.3. The van der Waals surface area contributed by atoms with Gasteiger partial charge in [0.25, 0.3) is 0 Å². The number of nitrogens with two attached hydrogens (primary N) is 1. The second-order valence-electron chi connectivity index (χ2n) is 9.28. The Morgan fingerprint density at radius 2 is 1.60 bits per heavy atom. The summed E-state index contributed by atoms with van der Waals surface area (Å²) in [6.45, 7) is 7.11. The van der Waals surface area contributed by atoms with Crippen LogP contribution in [-0.2, 0) is 14.8 Å². The molecule has 0 saturated carbocycles. The van der Waals surface area contributed by atoms with Crippen LogP contribution in [0.15, 0.2) is 77.7 Å². The van der Waals surface area contributed by atoms with E-state index in [0.717, 1.165) is 0 Å². The van der Waals surface area contributed by atoms with E-state index in [1.165, 1.54) is 0 Å². The van der Waals surface area contributed by atoms with Crippen LogP contribution in [0.1, 0.15) is 33.3 Å². The minimum atomic E-state index is -3.72. The van der Waals surface area contributed by atoms with Crippen LogP contribution in [0.3, 0.4) is 0 Å². The Morgan fingerprint density at radius 1 is 0.943 bits per heavy atom. The van der Waals surface area contributed by atoms with Gasteiger partial charge in [-0.15, -0.1) is 0 Å². The lowest BCUT2D eigenvalue weighted by Gasteiger charge is -2.21. The highest BCUT2D eigenvalue weighted by Gasteiger charge is 2.24. The van der Waals surface area contributed by atoms with Gasteiger partial charge in [0.05, 0.1) is 4.90 Å². The molecular formula is C26H31N5O3S. The third-order valence-electron chi connectivity index (χ3n) is 5.03. The Morgan fingerprint density at radius 3 is 2.23 bits per heavy atom. The van der Waals surface area contributed by atoms with Gasteiger partial charge in [-0.1, -0.05) is 42.5 Å². The zero-order chi connectivity index (χ0) is 25.8. The largest absolute Gasteiger partial charge is 0.384 e. The van der Waals surface area contributed by atoms with Crippen LogP contribution in [0.2, 0.25) is 0 Å². The number of nitrogen functional groups attached to an aromatic ring is 1. The second kappa shape index (κ2) is 10.3. The van der Waals surface area contributed by atoms with Gasteiger partial charge in [-0.3, -0.25) is 10.2 Å². The van der Waals surface area contributed by atoms with Crippen molar-refractivity contribution >= 4 is 33.1 Å². The molecule has 0 aliphatic rings. The van der Waals surface area contributed by atoms with Crippen molar-refractivity contribution in [3.63, 3.8) is 0 Å². The van der Waals surface area contributed by atoms with Crippen LogP contribution < -0.4 is 21.1 Å². The Balaban J connectivity index is 1.74. The lowest BCUT2D eigenvalue weighted by molar-refractivity contribution is -0.116. The molecule has 3 rings (SSSR count). The van der Waals surface area contributed by atoms with Gasteiger partial charge in [0, 0.05) is 28.0 Å². The number of hydrogen-bond donors (Lipinski definition) is 5. The van der Waals surface area contributed by atoms with E-state index in [1.54, 1.807) is 100 Å². The zero-order valence-electron chi connectivity index (χ0n) is 20.2. The lowest BCUT2D eigenvalue weighted by Crippen LogP contribution is -2.40. The van der Waals surface area contributed by atoms with E-state index < -0.39 is 21.6 Å². The normalized spacial score (nSPS) is 12.6. The second-order valence-corrected chi connectivity index (χ2v) is 10.9. The molecule has 6 N–H and O–H groups in total. The van der Waals surface area contributed by atoms with Crippen LogP contribution in [0.4, 0.5) is 11.4 Å². The summed E-state index contributed by atoms with van der Waals surface area (Å²) < 4.78 is 28.6. The van der Waals surface area contributed by atoms with Crippen molar-refractivity contribution in [3.05, 3.63) is 78.4 Å². The van der Waals surface area contributed by atoms with E-state index in [9.17, 15) is 13.2 Å². The van der Waals surface area contributed by atoms with Crippen molar-refractivity contribution in [1.82, 2.24) is 4.72 Å². The first-order valence-electron chi connectivity index (χ1n) is 11.1. The topological polar surface area (TPSA) is 137 Å². The summed E-state index contributed by atoms with van der Waals surface area (Å²) in [5, 5.41) is 13.5. The lowest BCUT2D eigenvalue weighted by atomic mass is 10.1. The van der Waals surface area contributed by atoms with Gasteiger partial charge in [0.1, 0.15) is 11.9 Å². The maximum Gasteiger partial charge on any atom is 0.246 e. The van der Waals surface area contributed by atoms with E-state index in [4.69, 9.17) is 11.1 Å². The fraction of sp³-hybridized carbons (Fsp3) is 0.231. The zero-order valence-corrected chi connectivity index (χ0v) is 21.0. The summed E-state index contributed by atoms with van der Waals surface area (Å²) >= 11 is 0. The number of nitrogens with one attached hydrogen (secondary N) is 4. The standard InChI is InChI=1S/C26H31N5O3S/c1-17(29-21-9-7-8-19(16-21)24(27)28)25(32)30-20-14-12-18(13-15-20)22-10-5-6-11-23(22)35(33,34)31-26(2,3)4/h5-17,29,31H,1-4H3,(H3,27,28)(H,30,32)/t17-/m0/s1. The molecular weight excluding hydrogens is 462 g/mol. The van der Waals surface area contributed by atoms with Crippen LogP contribution in [-0.4, -0.2) is 31.7 Å². The van der Waals surface area contributed by atoms with Gasteiger partial charge >= 0.3 is 0 Å². The minimum absolute atomic E-state index is 0.0468. The van der Waals surface area contributed by atoms with Gasteiger partial charge in [-0.25, -0.2) is 13.1 Å². The molecule has 0 heterocycles. The highest BCUT2D eigenvalue weighted by atomic mass is 32.2. The highest BCUT2D eigenvalue weighted by Crippen LogP contribution is 2.29. The molecule has 0 fully saturated rings. The van der Waals surface area contributed by atoms with Crippen LogP contribution in [0, 0.1) is 5.41 Å². The molecule has 0 aliphatic heterocycles. The first-order chi connectivity index (χ1) is 16.4. The number of amidine groups is 1. The Bertz CT molecular complexity index is 1330. The molecule has 8 nitrogen and oxygen atoms in total. The van der Waals surface area contributed by atoms with E-state index in [0.29, 0.717) is 28.1 Å². The van der Waals surface area contributed by atoms with Gasteiger partial charge in [0.2, 0.25) is 15.9 Å². The summed E-state index contributed by atoms with van der Waals surface area (Å²) in [7, 11) is -3.72. The van der Waals surface area contributed by atoms with Crippen molar-refractivity contribution in [2.24, 2.45) is 5.73 Å². The SMILES string of the molecule is C[C@H](Nc1cccc(C(=N)N)c1)C(=O)Nc1ccc(-c2ccccc2S(=O)(=O)NC(C)(C)C)cc1. The Hall–Kier alpha value is -3.69. The number of rotatable bonds is 8. The summed E-state index contributed by atoms with van der Waals surface area (Å²) in [5.74, 6) is -0.294. The molecule has 0 radical (unpaired) electrons. The molecule has 0 unspecified atom stereocenters. The molecule has 184 valence electrons. The number of benzene rings is 3. The molecule has 0 spiro atoms. The quantitative estimate of drug-likeness (QED) is 0.237. The van der Waals surface area contributed by atoms with Crippen molar-refractivity contribution in [2.45, 2.75) is 44.2 Å². The predicted molar refractivity (Wildman–Crippen MR) is 141 cm³/mol. The van der Waals surface area contributed by atoms with Gasteiger partial charge in [-0.05, 0) is 63.6 Å². The highest BCUT2D eigenvalue weighted by molar-refractivity contribution is 7.89. The summed E-state index contributed by atoms with van der Waals surface area (Å²) in [4.78, 5) is 12.9. The number of anilines is 2. The monoisotopic (exact) mass is 493 g/mol. The molecule has 35 heavy (non-hydrogen) atoms. The van der Waals surface area contributed by atoms with Crippen LogP contribution >= 0.6 is 0 Å². The number of carbonyl (C=O) groups is 1. The molecule has 0 aliphatic carbocycles.